The molecule has 0 saturated carbocycles. The molecule has 2 heterocycles. The number of nitrogens with zero attached hydrogens (tertiary/aromatic N) is 2. The molecular formula is C16H22N4O5S. The van der Waals surface area contributed by atoms with Gasteiger partial charge in [-0.15, -0.1) is 0 Å². The number of sulfonamides is 1. The van der Waals surface area contributed by atoms with Crippen molar-refractivity contribution < 1.29 is 18.1 Å². The SMILES string of the molecule is O=C(NC1CCNCC1)C1CCCN1S(=O)(=O)c1cccc([N+](=O)[O-])c1. The van der Waals surface area contributed by atoms with E-state index in [2.05, 4.69) is 10.6 Å². The molecule has 2 fully saturated rings. The zero-order chi connectivity index (χ0) is 18.7. The van der Waals surface area contributed by atoms with E-state index >= 15 is 0 Å². The first kappa shape index (κ1) is 18.7. The Morgan fingerprint density at radius 3 is 2.69 bits per heavy atom. The lowest BCUT2D eigenvalue weighted by molar-refractivity contribution is -0.385. The number of benzene rings is 1. The molecule has 0 bridgehead atoms. The van der Waals surface area contributed by atoms with Gasteiger partial charge in [0.05, 0.1) is 9.82 Å². The monoisotopic (exact) mass is 382 g/mol. The molecule has 3 rings (SSSR count). The zero-order valence-corrected chi connectivity index (χ0v) is 15.1. The molecule has 0 radical (unpaired) electrons. The first-order valence-corrected chi connectivity index (χ1v) is 10.1. The van der Waals surface area contributed by atoms with Crippen LogP contribution in [0, 0.1) is 10.1 Å². The van der Waals surface area contributed by atoms with E-state index in [1.165, 1.54) is 22.5 Å². The smallest absolute Gasteiger partial charge is 0.270 e. The van der Waals surface area contributed by atoms with Crippen LogP contribution in [0.15, 0.2) is 29.2 Å². The molecule has 1 amide bonds. The third-order valence-corrected chi connectivity index (χ3v) is 6.73. The van der Waals surface area contributed by atoms with Gasteiger partial charge < -0.3 is 10.6 Å². The van der Waals surface area contributed by atoms with Gasteiger partial charge >= 0.3 is 0 Å². The second-order valence-electron chi connectivity index (χ2n) is 6.56. The first-order valence-electron chi connectivity index (χ1n) is 8.67. The maximum atomic E-state index is 12.9. The van der Waals surface area contributed by atoms with Crippen molar-refractivity contribution in [2.24, 2.45) is 0 Å². The lowest BCUT2D eigenvalue weighted by Crippen LogP contribution is -2.50. The van der Waals surface area contributed by atoms with Crippen molar-refractivity contribution in [3.8, 4) is 0 Å². The van der Waals surface area contributed by atoms with Gasteiger partial charge in [0.2, 0.25) is 15.9 Å². The van der Waals surface area contributed by atoms with Crippen LogP contribution < -0.4 is 10.6 Å². The molecule has 1 atom stereocenters. The molecule has 1 aromatic rings. The molecule has 142 valence electrons. The fourth-order valence-corrected chi connectivity index (χ4v) is 5.14. The first-order chi connectivity index (χ1) is 12.4. The predicted molar refractivity (Wildman–Crippen MR) is 94.0 cm³/mol. The quantitative estimate of drug-likeness (QED) is 0.569. The summed E-state index contributed by atoms with van der Waals surface area (Å²) in [6.07, 6.45) is 2.66. The number of nitrogens with one attached hydrogen (secondary N) is 2. The second kappa shape index (κ2) is 7.68. The number of nitro groups is 1. The Morgan fingerprint density at radius 1 is 1.27 bits per heavy atom. The summed E-state index contributed by atoms with van der Waals surface area (Å²) in [6.45, 7) is 1.88. The topological polar surface area (TPSA) is 122 Å². The van der Waals surface area contributed by atoms with Gasteiger partial charge in [0.1, 0.15) is 6.04 Å². The van der Waals surface area contributed by atoms with Gasteiger partial charge in [-0.2, -0.15) is 4.31 Å². The van der Waals surface area contributed by atoms with Crippen LogP contribution in [-0.4, -0.2) is 55.3 Å². The number of hydrogen-bond acceptors (Lipinski definition) is 6. The van der Waals surface area contributed by atoms with Crippen LogP contribution in [0.4, 0.5) is 5.69 Å². The van der Waals surface area contributed by atoms with Crippen molar-refractivity contribution in [3.05, 3.63) is 34.4 Å². The Balaban J connectivity index is 1.78. The van der Waals surface area contributed by atoms with Crippen LogP contribution in [0.2, 0.25) is 0 Å². The second-order valence-corrected chi connectivity index (χ2v) is 8.45. The average molecular weight is 382 g/mol. The third-order valence-electron chi connectivity index (χ3n) is 4.83. The van der Waals surface area contributed by atoms with E-state index in [1.54, 1.807) is 0 Å². The summed E-state index contributed by atoms with van der Waals surface area (Å²) >= 11 is 0. The molecule has 2 aliphatic heterocycles. The normalized spacial score (nSPS) is 22.2. The standard InChI is InChI=1S/C16H22N4O5S/c21-16(18-12-6-8-17-9-7-12)15-5-2-10-19(15)26(24,25)14-4-1-3-13(11-14)20(22)23/h1,3-4,11-12,15,17H,2,5-10H2,(H,18,21). The van der Waals surface area contributed by atoms with Crippen LogP contribution in [0.3, 0.4) is 0 Å². The average Bonchev–Trinajstić information content (AvgIpc) is 3.13. The number of nitro benzene ring substituents is 1. The van der Waals surface area contributed by atoms with Crippen molar-refractivity contribution in [1.29, 1.82) is 0 Å². The van der Waals surface area contributed by atoms with E-state index in [9.17, 15) is 23.3 Å². The molecular weight excluding hydrogens is 360 g/mol. The minimum atomic E-state index is -3.97. The molecule has 10 heteroatoms. The number of amides is 1. The van der Waals surface area contributed by atoms with E-state index in [1.807, 2.05) is 0 Å². The molecule has 2 aliphatic rings. The fourth-order valence-electron chi connectivity index (χ4n) is 3.45. The minimum Gasteiger partial charge on any atom is -0.352 e. The van der Waals surface area contributed by atoms with Crippen molar-refractivity contribution in [2.45, 2.75) is 42.7 Å². The van der Waals surface area contributed by atoms with Gasteiger partial charge in [-0.25, -0.2) is 8.42 Å². The molecule has 0 aliphatic carbocycles. The number of non-ortho nitro benzene ring substituents is 1. The molecule has 0 spiro atoms. The summed E-state index contributed by atoms with van der Waals surface area (Å²) in [4.78, 5) is 22.8. The zero-order valence-electron chi connectivity index (χ0n) is 14.3. The fraction of sp³-hybridized carbons (Fsp3) is 0.562. The summed E-state index contributed by atoms with van der Waals surface area (Å²) in [7, 11) is -3.97. The number of hydrogen-bond donors (Lipinski definition) is 2. The Hall–Kier alpha value is -2.04. The van der Waals surface area contributed by atoms with E-state index in [0.29, 0.717) is 12.8 Å². The van der Waals surface area contributed by atoms with Gasteiger partial charge in [0.15, 0.2) is 0 Å². The molecule has 1 aromatic carbocycles. The maximum Gasteiger partial charge on any atom is 0.270 e. The number of carbonyl (C=O) groups excluding carboxylic acids is 1. The van der Waals surface area contributed by atoms with Crippen molar-refractivity contribution in [1.82, 2.24) is 14.9 Å². The van der Waals surface area contributed by atoms with Gasteiger partial charge in [-0.05, 0) is 44.8 Å². The molecule has 2 N–H and O–H groups in total. The highest BCUT2D eigenvalue weighted by molar-refractivity contribution is 7.89. The number of rotatable bonds is 5. The summed E-state index contributed by atoms with van der Waals surface area (Å²) in [6, 6.07) is 4.22. The van der Waals surface area contributed by atoms with E-state index in [4.69, 9.17) is 0 Å². The van der Waals surface area contributed by atoms with Crippen LogP contribution in [0.5, 0.6) is 0 Å². The number of piperidine rings is 1. The Morgan fingerprint density at radius 2 is 2.00 bits per heavy atom. The van der Waals surface area contributed by atoms with Gasteiger partial charge in [-0.3, -0.25) is 14.9 Å². The van der Waals surface area contributed by atoms with Gasteiger partial charge in [0, 0.05) is 24.7 Å². The summed E-state index contributed by atoms with van der Waals surface area (Å²) in [5.74, 6) is -0.289. The van der Waals surface area contributed by atoms with Crippen molar-refractivity contribution >= 4 is 21.6 Å². The molecule has 1 unspecified atom stereocenters. The van der Waals surface area contributed by atoms with Crippen LogP contribution >= 0.6 is 0 Å². The van der Waals surface area contributed by atoms with E-state index < -0.39 is 21.0 Å². The Bertz CT molecular complexity index is 792. The minimum absolute atomic E-state index is 0.0479. The van der Waals surface area contributed by atoms with Gasteiger partial charge in [-0.1, -0.05) is 6.07 Å². The lowest BCUT2D eigenvalue weighted by Gasteiger charge is -2.28. The van der Waals surface area contributed by atoms with Gasteiger partial charge in [0.25, 0.3) is 5.69 Å². The van der Waals surface area contributed by atoms with E-state index in [0.717, 1.165) is 32.0 Å². The van der Waals surface area contributed by atoms with Crippen LogP contribution in [-0.2, 0) is 14.8 Å². The number of carbonyl (C=O) groups is 1. The van der Waals surface area contributed by atoms with Crippen LogP contribution in [0.25, 0.3) is 0 Å². The van der Waals surface area contributed by atoms with E-state index in [-0.39, 0.29) is 29.1 Å². The highest BCUT2D eigenvalue weighted by Crippen LogP contribution is 2.28. The molecule has 9 nitrogen and oxygen atoms in total. The molecule has 0 aromatic heterocycles. The summed E-state index contributed by atoms with van der Waals surface area (Å²) in [5.41, 5.74) is -0.291. The van der Waals surface area contributed by atoms with Crippen molar-refractivity contribution in [2.75, 3.05) is 19.6 Å². The summed E-state index contributed by atoms with van der Waals surface area (Å²) < 4.78 is 27.0. The lowest BCUT2D eigenvalue weighted by atomic mass is 10.1. The van der Waals surface area contributed by atoms with Crippen LogP contribution in [0.1, 0.15) is 25.7 Å². The summed E-state index contributed by atoms with van der Waals surface area (Å²) in [5, 5.41) is 17.1. The third kappa shape index (κ3) is 3.87. The predicted octanol–water partition coefficient (Wildman–Crippen LogP) is 0.616. The van der Waals surface area contributed by atoms with Crippen molar-refractivity contribution in [3.63, 3.8) is 0 Å². The Labute approximate surface area is 152 Å². The largest absolute Gasteiger partial charge is 0.352 e. The maximum absolute atomic E-state index is 12.9. The highest BCUT2D eigenvalue weighted by atomic mass is 32.2. The molecule has 2 saturated heterocycles. The molecule has 26 heavy (non-hydrogen) atoms. The Kier molecular flexibility index (Phi) is 5.54. The highest BCUT2D eigenvalue weighted by Gasteiger charge is 2.40.